The third-order valence-corrected chi connectivity index (χ3v) is 3.34. The number of rotatable bonds is 2. The fourth-order valence-corrected chi connectivity index (χ4v) is 2.43. The molecule has 0 aliphatic rings. The second-order valence-electron chi connectivity index (χ2n) is 5.79. The molecule has 0 aliphatic heterocycles. The van der Waals surface area contributed by atoms with Gasteiger partial charge in [-0.1, -0.05) is 87.0 Å². The van der Waals surface area contributed by atoms with E-state index in [0.29, 0.717) is 0 Å². The van der Waals surface area contributed by atoms with Crippen molar-refractivity contribution < 1.29 is 0 Å². The van der Waals surface area contributed by atoms with Crippen LogP contribution in [0.3, 0.4) is 0 Å². The molecule has 20 heavy (non-hydrogen) atoms. The van der Waals surface area contributed by atoms with Crippen LogP contribution in [0.2, 0.25) is 0 Å². The summed E-state index contributed by atoms with van der Waals surface area (Å²) in [5, 5.41) is 0. The summed E-state index contributed by atoms with van der Waals surface area (Å²) >= 11 is 5.79. The Morgan fingerprint density at radius 1 is 0.950 bits per heavy atom. The summed E-state index contributed by atoms with van der Waals surface area (Å²) in [6.45, 7) is 6.53. The van der Waals surface area contributed by atoms with Gasteiger partial charge in [0.25, 0.3) is 0 Å². The van der Waals surface area contributed by atoms with Crippen LogP contribution in [0.5, 0.6) is 0 Å². The highest BCUT2D eigenvalue weighted by atomic mass is 35.5. The number of halogens is 1. The zero-order valence-electron chi connectivity index (χ0n) is 12.2. The van der Waals surface area contributed by atoms with Gasteiger partial charge < -0.3 is 0 Å². The monoisotopic (exact) mass is 282 g/mol. The van der Waals surface area contributed by atoms with Gasteiger partial charge >= 0.3 is 0 Å². The molecule has 2 aromatic rings. The van der Waals surface area contributed by atoms with Crippen molar-refractivity contribution >= 4 is 17.2 Å². The van der Waals surface area contributed by atoms with Crippen molar-refractivity contribution in [3.8, 4) is 11.1 Å². The Labute approximate surface area is 126 Å². The topological polar surface area (TPSA) is 0 Å². The van der Waals surface area contributed by atoms with Crippen LogP contribution in [-0.4, -0.2) is 0 Å². The van der Waals surface area contributed by atoms with Gasteiger partial charge in [0, 0.05) is 11.1 Å². The van der Waals surface area contributed by atoms with Gasteiger partial charge in [0.2, 0.25) is 0 Å². The number of hydrogen-bond acceptors (Lipinski definition) is 0. The molecule has 0 N–H and O–H groups in total. The predicted octanol–water partition coefficient (Wildman–Crippen LogP) is 6.13. The predicted molar refractivity (Wildman–Crippen MR) is 88.7 cm³/mol. The third kappa shape index (κ3) is 3.22. The normalized spacial score (nSPS) is 10.8. The summed E-state index contributed by atoms with van der Waals surface area (Å²) in [7, 11) is 0. The highest BCUT2D eigenvalue weighted by Gasteiger charge is 2.21. The molecule has 0 nitrogen and oxygen atoms in total. The molecule has 2 rings (SSSR count). The number of hydrogen-bond donors (Lipinski definition) is 0. The zero-order chi connectivity index (χ0) is 14.6. The van der Waals surface area contributed by atoms with Crippen molar-refractivity contribution in [2.75, 3.05) is 0 Å². The quantitative estimate of drug-likeness (QED) is 0.581. The largest absolute Gasteiger partial charge is 0.104 e. The standard InChI is InChI=1S/C19H19Cl/c1-19(2,3)18(13-14-20)17-12-8-7-11-16(17)15-9-5-4-6-10-15/h4-12,14H,1-3H3. The van der Waals surface area contributed by atoms with Crippen molar-refractivity contribution in [1.29, 1.82) is 0 Å². The van der Waals surface area contributed by atoms with Gasteiger partial charge in [-0.15, -0.1) is 5.73 Å². The molecule has 0 aromatic heterocycles. The van der Waals surface area contributed by atoms with E-state index in [9.17, 15) is 0 Å². The second kappa shape index (κ2) is 6.13. The molecule has 0 heterocycles. The van der Waals surface area contributed by atoms with Crippen LogP contribution >= 0.6 is 11.6 Å². The first-order chi connectivity index (χ1) is 9.54. The van der Waals surface area contributed by atoms with Gasteiger partial charge in [0.05, 0.1) is 0 Å². The molecule has 0 aliphatic carbocycles. The van der Waals surface area contributed by atoms with Gasteiger partial charge in [-0.25, -0.2) is 0 Å². The lowest BCUT2D eigenvalue weighted by Gasteiger charge is -2.23. The molecular weight excluding hydrogens is 264 g/mol. The Balaban J connectivity index is 2.68. The van der Waals surface area contributed by atoms with Crippen LogP contribution in [0.4, 0.5) is 0 Å². The minimum Gasteiger partial charge on any atom is -0.104 e. The van der Waals surface area contributed by atoms with E-state index in [0.717, 1.165) is 5.57 Å². The van der Waals surface area contributed by atoms with Crippen molar-refractivity contribution in [3.05, 3.63) is 71.4 Å². The summed E-state index contributed by atoms with van der Waals surface area (Å²) in [4.78, 5) is 0. The van der Waals surface area contributed by atoms with Gasteiger partial charge in [-0.2, -0.15) is 0 Å². The molecule has 0 unspecified atom stereocenters. The molecule has 1 heteroatoms. The molecule has 2 aromatic carbocycles. The van der Waals surface area contributed by atoms with E-state index in [-0.39, 0.29) is 5.41 Å². The fourth-order valence-electron chi connectivity index (χ4n) is 2.32. The van der Waals surface area contributed by atoms with E-state index in [4.69, 9.17) is 11.6 Å². The SMILES string of the molecule is CC(C)(C)C(=C=CCl)c1ccccc1-c1ccccc1. The molecule has 0 amide bonds. The molecule has 0 saturated heterocycles. The average molecular weight is 283 g/mol. The smallest absolute Gasteiger partial charge is 0.0465 e. The van der Waals surface area contributed by atoms with Gasteiger partial charge in [0.15, 0.2) is 0 Å². The van der Waals surface area contributed by atoms with Crippen molar-refractivity contribution in [1.82, 2.24) is 0 Å². The van der Waals surface area contributed by atoms with Crippen molar-refractivity contribution in [2.24, 2.45) is 5.41 Å². The fraction of sp³-hybridized carbons (Fsp3) is 0.211. The Morgan fingerprint density at radius 3 is 2.15 bits per heavy atom. The molecule has 0 radical (unpaired) electrons. The maximum Gasteiger partial charge on any atom is 0.0465 e. The molecule has 0 bridgehead atoms. The van der Waals surface area contributed by atoms with E-state index in [2.05, 4.69) is 75.0 Å². The first-order valence-electron chi connectivity index (χ1n) is 6.74. The average Bonchev–Trinajstić information content (AvgIpc) is 2.44. The van der Waals surface area contributed by atoms with Crippen LogP contribution in [0, 0.1) is 5.41 Å². The Morgan fingerprint density at radius 2 is 1.55 bits per heavy atom. The minimum atomic E-state index is -0.0176. The number of allylic oxidation sites excluding steroid dienone is 1. The summed E-state index contributed by atoms with van der Waals surface area (Å²) in [5.41, 5.74) is 9.39. The molecule has 0 spiro atoms. The van der Waals surface area contributed by atoms with Crippen molar-refractivity contribution in [3.63, 3.8) is 0 Å². The lowest BCUT2D eigenvalue weighted by Crippen LogP contribution is -2.08. The second-order valence-corrected chi connectivity index (χ2v) is 6.01. The number of benzene rings is 2. The summed E-state index contributed by atoms with van der Waals surface area (Å²) in [6.07, 6.45) is 0. The Bertz CT molecular complexity index is 639. The molecular formula is C19H19Cl. The van der Waals surface area contributed by atoms with Gasteiger partial charge in [-0.05, 0) is 22.1 Å². The van der Waals surface area contributed by atoms with Gasteiger partial charge in [0.1, 0.15) is 0 Å². The van der Waals surface area contributed by atoms with Crippen LogP contribution < -0.4 is 0 Å². The maximum absolute atomic E-state index is 5.79. The van der Waals surface area contributed by atoms with E-state index in [1.165, 1.54) is 22.2 Å². The van der Waals surface area contributed by atoms with E-state index in [1.807, 2.05) is 6.07 Å². The summed E-state index contributed by atoms with van der Waals surface area (Å²) < 4.78 is 0. The lowest BCUT2D eigenvalue weighted by molar-refractivity contribution is 0.567. The third-order valence-electron chi connectivity index (χ3n) is 3.23. The molecule has 102 valence electrons. The van der Waals surface area contributed by atoms with E-state index in [1.54, 1.807) is 0 Å². The Kier molecular flexibility index (Phi) is 4.49. The first kappa shape index (κ1) is 14.7. The molecule has 0 fully saturated rings. The van der Waals surface area contributed by atoms with Gasteiger partial charge in [-0.3, -0.25) is 0 Å². The lowest BCUT2D eigenvalue weighted by atomic mass is 9.80. The summed E-state index contributed by atoms with van der Waals surface area (Å²) in [5.74, 6) is 0. The highest BCUT2D eigenvalue weighted by Crippen LogP contribution is 2.38. The maximum atomic E-state index is 5.79. The minimum absolute atomic E-state index is 0.0176. The summed E-state index contributed by atoms with van der Waals surface area (Å²) in [6, 6.07) is 18.8. The van der Waals surface area contributed by atoms with Crippen LogP contribution in [-0.2, 0) is 0 Å². The van der Waals surface area contributed by atoms with Crippen LogP contribution in [0.15, 0.2) is 65.9 Å². The van der Waals surface area contributed by atoms with Crippen LogP contribution in [0.1, 0.15) is 26.3 Å². The van der Waals surface area contributed by atoms with E-state index < -0.39 is 0 Å². The highest BCUT2D eigenvalue weighted by molar-refractivity contribution is 6.25. The van der Waals surface area contributed by atoms with Crippen molar-refractivity contribution in [2.45, 2.75) is 20.8 Å². The molecule has 0 saturated carbocycles. The van der Waals surface area contributed by atoms with E-state index >= 15 is 0 Å². The van der Waals surface area contributed by atoms with Crippen LogP contribution in [0.25, 0.3) is 16.7 Å². The zero-order valence-corrected chi connectivity index (χ0v) is 12.9. The molecule has 0 atom stereocenters. The first-order valence-corrected chi connectivity index (χ1v) is 7.18. The Hall–Kier alpha value is -1.75.